The lowest BCUT2D eigenvalue weighted by Crippen LogP contribution is -2.05. The third kappa shape index (κ3) is 2.30. The molecule has 0 unspecified atom stereocenters. The van der Waals surface area contributed by atoms with Gasteiger partial charge in [-0.3, -0.25) is 0 Å². The molecule has 18 heavy (non-hydrogen) atoms. The molecular weight excluding hydrogens is 228 g/mol. The number of carbonyl (C=O) groups excluding carboxylic acids is 2. The second-order valence-electron chi connectivity index (χ2n) is 4.35. The molecule has 0 spiro atoms. The van der Waals surface area contributed by atoms with E-state index >= 15 is 0 Å². The van der Waals surface area contributed by atoms with Gasteiger partial charge in [0.2, 0.25) is 12.2 Å². The molecule has 0 amide bonds. The van der Waals surface area contributed by atoms with E-state index in [1.54, 1.807) is 0 Å². The van der Waals surface area contributed by atoms with E-state index in [1.807, 2.05) is 27.7 Å². The van der Waals surface area contributed by atoms with Gasteiger partial charge in [-0.05, 0) is 62.4 Å². The summed E-state index contributed by atoms with van der Waals surface area (Å²) in [5.74, 6) is 0. The van der Waals surface area contributed by atoms with Gasteiger partial charge in [0.05, 0.1) is 0 Å². The van der Waals surface area contributed by atoms with Crippen molar-refractivity contribution in [2.24, 2.45) is 9.98 Å². The number of isocyanates is 2. The van der Waals surface area contributed by atoms with Crippen molar-refractivity contribution in [3.8, 4) is 0 Å². The predicted molar refractivity (Wildman–Crippen MR) is 69.1 cm³/mol. The first kappa shape index (κ1) is 14.0. The highest BCUT2D eigenvalue weighted by atomic mass is 16.1. The van der Waals surface area contributed by atoms with Gasteiger partial charge in [0.15, 0.2) is 6.17 Å². The molecule has 0 bridgehead atoms. The third-order valence-electron chi connectivity index (χ3n) is 3.67. The zero-order valence-corrected chi connectivity index (χ0v) is 11.3. The molecule has 1 aromatic carbocycles. The summed E-state index contributed by atoms with van der Waals surface area (Å²) in [5, 5.41) is 0. The van der Waals surface area contributed by atoms with E-state index in [9.17, 15) is 9.59 Å². The summed E-state index contributed by atoms with van der Waals surface area (Å²) < 4.78 is 0. The number of aliphatic imine (C=N–C) groups is 2. The summed E-state index contributed by atoms with van der Waals surface area (Å²) in [6.45, 7) is 9.95. The molecule has 1 aromatic rings. The lowest BCUT2D eigenvalue weighted by molar-refractivity contribution is 0.551. The Labute approximate surface area is 106 Å². The Hall–Kier alpha value is -2.02. The largest absolute Gasteiger partial charge is 0.237 e. The van der Waals surface area contributed by atoms with Crippen LogP contribution in [0.15, 0.2) is 9.98 Å². The molecule has 0 saturated heterocycles. The molecule has 0 heterocycles. The third-order valence-corrected chi connectivity index (χ3v) is 3.67. The minimum atomic E-state index is -0.835. The molecule has 4 nitrogen and oxygen atoms in total. The molecule has 0 saturated carbocycles. The molecule has 0 aliphatic carbocycles. The Bertz CT molecular complexity index is 531. The first-order chi connectivity index (χ1) is 8.45. The minimum absolute atomic E-state index is 0.794. The van der Waals surface area contributed by atoms with Gasteiger partial charge >= 0.3 is 0 Å². The highest BCUT2D eigenvalue weighted by molar-refractivity contribution is 5.52. The van der Waals surface area contributed by atoms with E-state index in [4.69, 9.17) is 0 Å². The van der Waals surface area contributed by atoms with Gasteiger partial charge in [0, 0.05) is 5.56 Å². The molecule has 0 radical (unpaired) electrons. The first-order valence-corrected chi connectivity index (χ1v) is 5.66. The Morgan fingerprint density at radius 3 is 1.39 bits per heavy atom. The van der Waals surface area contributed by atoms with Crippen molar-refractivity contribution in [2.75, 3.05) is 0 Å². The minimum Gasteiger partial charge on any atom is -0.211 e. The van der Waals surface area contributed by atoms with Crippen molar-refractivity contribution in [2.45, 2.75) is 40.8 Å². The molecule has 0 N–H and O–H groups in total. The van der Waals surface area contributed by atoms with E-state index in [0.29, 0.717) is 0 Å². The van der Waals surface area contributed by atoms with Crippen molar-refractivity contribution in [3.05, 3.63) is 33.4 Å². The van der Waals surface area contributed by atoms with Crippen molar-refractivity contribution in [1.29, 1.82) is 0 Å². The highest BCUT2D eigenvalue weighted by Gasteiger charge is 2.19. The van der Waals surface area contributed by atoms with Gasteiger partial charge in [-0.25, -0.2) is 9.59 Å². The van der Waals surface area contributed by atoms with Crippen LogP contribution in [0.2, 0.25) is 0 Å². The van der Waals surface area contributed by atoms with Crippen LogP contribution in [-0.2, 0) is 9.59 Å². The molecule has 1 rings (SSSR count). The maximum Gasteiger partial charge on any atom is 0.237 e. The number of rotatable bonds is 3. The Morgan fingerprint density at radius 1 is 0.722 bits per heavy atom. The monoisotopic (exact) mass is 244 g/mol. The van der Waals surface area contributed by atoms with Crippen LogP contribution in [0.4, 0.5) is 0 Å². The van der Waals surface area contributed by atoms with Gasteiger partial charge in [-0.1, -0.05) is 0 Å². The topological polar surface area (TPSA) is 58.9 Å². The van der Waals surface area contributed by atoms with E-state index in [2.05, 4.69) is 16.9 Å². The van der Waals surface area contributed by atoms with Crippen LogP contribution in [0, 0.1) is 34.6 Å². The predicted octanol–water partition coefficient (Wildman–Crippen LogP) is 2.90. The summed E-state index contributed by atoms with van der Waals surface area (Å²) in [6, 6.07) is 0. The average molecular weight is 244 g/mol. The second-order valence-corrected chi connectivity index (χ2v) is 4.35. The standard InChI is InChI=1S/C14H16N2O2/c1-8-9(2)11(4)13(12(5)10(8)3)14(15-6-17)16-7-18/h14H,1-5H3. The van der Waals surface area contributed by atoms with Gasteiger partial charge in [0.1, 0.15) is 0 Å². The van der Waals surface area contributed by atoms with Crippen LogP contribution in [0.1, 0.15) is 39.5 Å². The van der Waals surface area contributed by atoms with Crippen LogP contribution in [0.25, 0.3) is 0 Å². The van der Waals surface area contributed by atoms with Crippen LogP contribution >= 0.6 is 0 Å². The smallest absolute Gasteiger partial charge is 0.211 e. The molecular formula is C14H16N2O2. The second kappa shape index (κ2) is 5.54. The van der Waals surface area contributed by atoms with Crippen LogP contribution in [0.5, 0.6) is 0 Å². The van der Waals surface area contributed by atoms with Crippen molar-refractivity contribution < 1.29 is 9.59 Å². The average Bonchev–Trinajstić information content (AvgIpc) is 2.35. The molecule has 0 aliphatic rings. The Kier molecular flexibility index (Phi) is 4.33. The first-order valence-electron chi connectivity index (χ1n) is 5.66. The van der Waals surface area contributed by atoms with Gasteiger partial charge in [-0.15, -0.1) is 0 Å². The Balaban J connectivity index is 3.67. The van der Waals surface area contributed by atoms with Gasteiger partial charge in [0.25, 0.3) is 0 Å². The molecule has 0 aromatic heterocycles. The molecule has 0 aliphatic heterocycles. The van der Waals surface area contributed by atoms with Gasteiger partial charge in [-0.2, -0.15) is 9.98 Å². The fraction of sp³-hybridized carbons (Fsp3) is 0.429. The van der Waals surface area contributed by atoms with Crippen LogP contribution in [-0.4, -0.2) is 12.2 Å². The summed E-state index contributed by atoms with van der Waals surface area (Å²) >= 11 is 0. The maximum atomic E-state index is 10.4. The van der Waals surface area contributed by atoms with E-state index in [1.165, 1.54) is 17.7 Å². The van der Waals surface area contributed by atoms with E-state index < -0.39 is 6.17 Å². The fourth-order valence-corrected chi connectivity index (χ4v) is 2.17. The lowest BCUT2D eigenvalue weighted by Gasteiger charge is -2.19. The zero-order chi connectivity index (χ0) is 13.9. The SMILES string of the molecule is Cc1c(C)c(C)c(C(N=C=O)N=C=O)c(C)c1C. The van der Waals surface area contributed by atoms with Crippen LogP contribution in [0.3, 0.4) is 0 Å². The summed E-state index contributed by atoms with van der Waals surface area (Å²) in [6.07, 6.45) is 2.09. The Morgan fingerprint density at radius 2 is 1.06 bits per heavy atom. The number of hydrogen-bond acceptors (Lipinski definition) is 4. The summed E-state index contributed by atoms with van der Waals surface area (Å²) in [7, 11) is 0. The summed E-state index contributed by atoms with van der Waals surface area (Å²) in [5.41, 5.74) is 6.25. The number of nitrogens with zero attached hydrogens (tertiary/aromatic N) is 2. The molecule has 94 valence electrons. The molecule has 0 fully saturated rings. The zero-order valence-electron chi connectivity index (χ0n) is 11.3. The molecule has 4 heteroatoms. The lowest BCUT2D eigenvalue weighted by atomic mass is 9.88. The van der Waals surface area contributed by atoms with Crippen molar-refractivity contribution >= 4 is 12.2 Å². The van der Waals surface area contributed by atoms with E-state index in [0.717, 1.165) is 27.8 Å². The van der Waals surface area contributed by atoms with Crippen LogP contribution < -0.4 is 0 Å². The van der Waals surface area contributed by atoms with Gasteiger partial charge < -0.3 is 0 Å². The van der Waals surface area contributed by atoms with Crippen molar-refractivity contribution in [3.63, 3.8) is 0 Å². The molecule has 0 atom stereocenters. The fourth-order valence-electron chi connectivity index (χ4n) is 2.17. The normalized spacial score (nSPS) is 11.4. The van der Waals surface area contributed by atoms with E-state index in [-0.39, 0.29) is 0 Å². The number of hydrogen-bond donors (Lipinski definition) is 0. The highest BCUT2D eigenvalue weighted by Crippen LogP contribution is 2.32. The summed E-state index contributed by atoms with van der Waals surface area (Å²) in [4.78, 5) is 28.0. The quantitative estimate of drug-likeness (QED) is 0.606. The van der Waals surface area contributed by atoms with Crippen molar-refractivity contribution in [1.82, 2.24) is 0 Å². The maximum absolute atomic E-state index is 10.4. The number of benzene rings is 1.